The molecule has 2 aromatic rings. The molecular formula is C16H13FO2. The summed E-state index contributed by atoms with van der Waals surface area (Å²) in [7, 11) is 0. The van der Waals surface area contributed by atoms with E-state index in [-0.39, 0.29) is 5.78 Å². The third-order valence-corrected chi connectivity index (χ3v) is 3.94. The smallest absolute Gasteiger partial charge is 0.176 e. The van der Waals surface area contributed by atoms with Crippen molar-refractivity contribution < 1.29 is 14.3 Å². The fraction of sp³-hybridized carbons (Fsp3) is 0.188. The SMILES string of the molecule is CC1(c2cccc(F)c2)C(=O)c2ccccc2C1O. The number of benzene rings is 2. The first kappa shape index (κ1) is 12.1. The van der Waals surface area contributed by atoms with Crippen LogP contribution in [0.15, 0.2) is 48.5 Å². The first-order valence-electron chi connectivity index (χ1n) is 6.13. The van der Waals surface area contributed by atoms with Crippen LogP contribution in [0.4, 0.5) is 4.39 Å². The molecule has 2 unspecified atom stereocenters. The van der Waals surface area contributed by atoms with Crippen LogP contribution in [0, 0.1) is 5.82 Å². The zero-order valence-electron chi connectivity index (χ0n) is 10.4. The highest BCUT2D eigenvalue weighted by atomic mass is 19.1. The molecule has 0 heterocycles. The van der Waals surface area contributed by atoms with Crippen molar-refractivity contribution in [2.45, 2.75) is 18.4 Å². The summed E-state index contributed by atoms with van der Waals surface area (Å²) in [5.74, 6) is -0.573. The van der Waals surface area contributed by atoms with E-state index in [0.29, 0.717) is 16.7 Å². The number of Topliss-reactive ketones (excluding diaryl/α,β-unsaturated/α-hetero) is 1. The summed E-state index contributed by atoms with van der Waals surface area (Å²) in [5, 5.41) is 10.5. The number of aliphatic hydroxyl groups excluding tert-OH is 1. The maximum absolute atomic E-state index is 13.4. The summed E-state index contributed by atoms with van der Waals surface area (Å²) in [6.45, 7) is 1.66. The fourth-order valence-electron chi connectivity index (χ4n) is 2.76. The van der Waals surface area contributed by atoms with Gasteiger partial charge < -0.3 is 5.11 Å². The maximum Gasteiger partial charge on any atom is 0.176 e. The van der Waals surface area contributed by atoms with Crippen LogP contribution in [-0.4, -0.2) is 10.9 Å². The lowest BCUT2D eigenvalue weighted by Gasteiger charge is -2.27. The molecule has 0 aliphatic heterocycles. The highest BCUT2D eigenvalue weighted by molar-refractivity contribution is 6.08. The van der Waals surface area contributed by atoms with Gasteiger partial charge in [-0.2, -0.15) is 0 Å². The van der Waals surface area contributed by atoms with Gasteiger partial charge >= 0.3 is 0 Å². The summed E-state index contributed by atoms with van der Waals surface area (Å²) in [6, 6.07) is 12.9. The molecule has 3 heteroatoms. The topological polar surface area (TPSA) is 37.3 Å². The van der Waals surface area contributed by atoms with Crippen LogP contribution in [0.3, 0.4) is 0 Å². The van der Waals surface area contributed by atoms with Gasteiger partial charge in [-0.1, -0.05) is 36.4 Å². The molecule has 2 nitrogen and oxygen atoms in total. The molecule has 0 saturated heterocycles. The first-order valence-corrected chi connectivity index (χ1v) is 6.13. The standard InChI is InChI=1S/C16H13FO2/c1-16(10-5-4-6-11(17)9-10)14(18)12-7-2-3-8-13(12)15(16)19/h2-9,14,18H,1H3. The summed E-state index contributed by atoms with van der Waals surface area (Å²) in [4.78, 5) is 12.6. The molecule has 1 aliphatic rings. The lowest BCUT2D eigenvalue weighted by Crippen LogP contribution is -2.33. The van der Waals surface area contributed by atoms with Crippen molar-refractivity contribution in [3.8, 4) is 0 Å². The van der Waals surface area contributed by atoms with Gasteiger partial charge in [-0.25, -0.2) is 4.39 Å². The van der Waals surface area contributed by atoms with Gasteiger partial charge in [-0.3, -0.25) is 4.79 Å². The maximum atomic E-state index is 13.4. The van der Waals surface area contributed by atoms with Crippen molar-refractivity contribution in [3.05, 3.63) is 71.0 Å². The largest absolute Gasteiger partial charge is 0.387 e. The Hall–Kier alpha value is -2.00. The molecule has 0 radical (unpaired) electrons. The third-order valence-electron chi connectivity index (χ3n) is 3.94. The van der Waals surface area contributed by atoms with Crippen molar-refractivity contribution in [2.75, 3.05) is 0 Å². The van der Waals surface area contributed by atoms with Crippen LogP contribution in [0.1, 0.15) is 34.5 Å². The Balaban J connectivity index is 2.20. The third kappa shape index (κ3) is 1.55. The van der Waals surface area contributed by atoms with E-state index in [9.17, 15) is 14.3 Å². The molecule has 96 valence electrons. The molecule has 3 rings (SSSR count). The van der Waals surface area contributed by atoms with E-state index in [1.807, 2.05) is 0 Å². The first-order chi connectivity index (χ1) is 9.05. The van der Waals surface area contributed by atoms with E-state index in [0.717, 1.165) is 0 Å². The second kappa shape index (κ2) is 4.00. The zero-order valence-corrected chi connectivity index (χ0v) is 10.4. The Kier molecular flexibility index (Phi) is 2.54. The number of fused-ring (bicyclic) bond motifs is 1. The molecule has 0 amide bonds. The van der Waals surface area contributed by atoms with Crippen LogP contribution in [0.5, 0.6) is 0 Å². The second-order valence-corrected chi connectivity index (χ2v) is 5.03. The number of carbonyl (C=O) groups excluding carboxylic acids is 1. The molecule has 0 saturated carbocycles. The van der Waals surface area contributed by atoms with E-state index >= 15 is 0 Å². The number of halogens is 1. The summed E-state index contributed by atoms with van der Waals surface area (Å²) in [6.07, 6.45) is -0.946. The van der Waals surface area contributed by atoms with Crippen LogP contribution in [0.25, 0.3) is 0 Å². The van der Waals surface area contributed by atoms with Crippen LogP contribution < -0.4 is 0 Å². The Morgan fingerprint density at radius 2 is 1.89 bits per heavy atom. The van der Waals surface area contributed by atoms with E-state index in [1.165, 1.54) is 12.1 Å². The van der Waals surface area contributed by atoms with Crippen molar-refractivity contribution >= 4 is 5.78 Å². The number of ketones is 1. The van der Waals surface area contributed by atoms with Gasteiger partial charge in [0, 0.05) is 5.56 Å². The quantitative estimate of drug-likeness (QED) is 0.851. The molecule has 0 spiro atoms. The van der Waals surface area contributed by atoms with E-state index < -0.39 is 17.3 Å². The van der Waals surface area contributed by atoms with Gasteiger partial charge in [-0.15, -0.1) is 0 Å². The Bertz CT molecular complexity index is 665. The van der Waals surface area contributed by atoms with Crippen LogP contribution in [0.2, 0.25) is 0 Å². The Morgan fingerprint density at radius 1 is 1.16 bits per heavy atom. The fourth-order valence-corrected chi connectivity index (χ4v) is 2.76. The minimum absolute atomic E-state index is 0.166. The van der Waals surface area contributed by atoms with E-state index in [4.69, 9.17) is 0 Å². The molecule has 0 aromatic heterocycles. The van der Waals surface area contributed by atoms with Gasteiger partial charge in [0.1, 0.15) is 5.82 Å². The van der Waals surface area contributed by atoms with E-state index in [2.05, 4.69) is 0 Å². The van der Waals surface area contributed by atoms with Gasteiger partial charge in [0.15, 0.2) is 5.78 Å². The van der Waals surface area contributed by atoms with Crippen molar-refractivity contribution in [1.29, 1.82) is 0 Å². The molecule has 0 bridgehead atoms. The zero-order chi connectivity index (χ0) is 13.6. The number of hydrogen-bond acceptors (Lipinski definition) is 2. The lowest BCUT2D eigenvalue weighted by molar-refractivity contribution is 0.0683. The average Bonchev–Trinajstić information content (AvgIpc) is 2.63. The summed E-state index contributed by atoms with van der Waals surface area (Å²) >= 11 is 0. The van der Waals surface area contributed by atoms with Gasteiger partial charge in [-0.05, 0) is 30.2 Å². The van der Waals surface area contributed by atoms with Crippen LogP contribution >= 0.6 is 0 Å². The second-order valence-electron chi connectivity index (χ2n) is 5.03. The predicted molar refractivity (Wildman–Crippen MR) is 69.5 cm³/mol. The highest BCUT2D eigenvalue weighted by Gasteiger charge is 2.50. The number of rotatable bonds is 1. The van der Waals surface area contributed by atoms with Gasteiger partial charge in [0.05, 0.1) is 11.5 Å². The Labute approximate surface area is 110 Å². The molecular weight excluding hydrogens is 243 g/mol. The lowest BCUT2D eigenvalue weighted by atomic mass is 9.77. The molecule has 1 N–H and O–H groups in total. The van der Waals surface area contributed by atoms with Crippen LogP contribution in [-0.2, 0) is 5.41 Å². The predicted octanol–water partition coefficient (Wildman–Crippen LogP) is 3.01. The minimum atomic E-state index is -1.12. The van der Waals surface area contributed by atoms with Crippen molar-refractivity contribution in [3.63, 3.8) is 0 Å². The van der Waals surface area contributed by atoms with Crippen molar-refractivity contribution in [2.24, 2.45) is 0 Å². The van der Waals surface area contributed by atoms with E-state index in [1.54, 1.807) is 43.3 Å². The summed E-state index contributed by atoms with van der Waals surface area (Å²) in [5.41, 5.74) is 0.508. The normalized spacial score (nSPS) is 25.4. The number of hydrogen-bond donors (Lipinski definition) is 1. The van der Waals surface area contributed by atoms with Gasteiger partial charge in [0.25, 0.3) is 0 Å². The minimum Gasteiger partial charge on any atom is -0.387 e. The van der Waals surface area contributed by atoms with Gasteiger partial charge in [0.2, 0.25) is 0 Å². The molecule has 0 fully saturated rings. The monoisotopic (exact) mass is 256 g/mol. The Morgan fingerprint density at radius 3 is 2.58 bits per heavy atom. The highest BCUT2D eigenvalue weighted by Crippen LogP contribution is 2.47. The average molecular weight is 256 g/mol. The molecule has 2 aromatic carbocycles. The van der Waals surface area contributed by atoms with Crippen molar-refractivity contribution in [1.82, 2.24) is 0 Å². The summed E-state index contributed by atoms with van der Waals surface area (Å²) < 4.78 is 13.4. The molecule has 2 atom stereocenters. The number of carbonyl (C=O) groups is 1. The molecule has 1 aliphatic carbocycles. The molecule has 19 heavy (non-hydrogen) atoms. The number of aliphatic hydroxyl groups is 1.